The third-order valence-electron chi connectivity index (χ3n) is 2.99. The lowest BCUT2D eigenvalue weighted by Crippen LogP contribution is -2.26. The van der Waals surface area contributed by atoms with Crippen LogP contribution in [0.25, 0.3) is 0 Å². The van der Waals surface area contributed by atoms with Gasteiger partial charge in [0.25, 0.3) is 0 Å². The Morgan fingerprint density at radius 1 is 1.40 bits per heavy atom. The molecule has 1 nitrogen and oxygen atoms in total. The third kappa shape index (κ3) is 2.63. The molecule has 1 aromatic rings. The van der Waals surface area contributed by atoms with Crippen molar-refractivity contribution in [1.82, 2.24) is 0 Å². The molecule has 0 aliphatic heterocycles. The molecule has 1 aromatic carbocycles. The second kappa shape index (κ2) is 5.15. The Labute approximate surface area is 100 Å². The van der Waals surface area contributed by atoms with E-state index in [2.05, 4.69) is 0 Å². The molecule has 1 aliphatic rings. The first-order valence-electron chi connectivity index (χ1n) is 4.89. The van der Waals surface area contributed by atoms with E-state index in [9.17, 15) is 4.39 Å². The first kappa shape index (κ1) is 12.8. The summed E-state index contributed by atoms with van der Waals surface area (Å²) in [6.45, 7) is 0. The lowest BCUT2D eigenvalue weighted by atomic mass is 9.77. The molecule has 4 heteroatoms. The standard InChI is InChI=1S/C11H13ClFN.ClH/c12-9-5-4-8(6-10(9)13)11(14)7-2-1-3-7;/h4-7,11H,1-3,14H2;1H/t11-;/m1./s1. The molecule has 0 saturated heterocycles. The van der Waals surface area contributed by atoms with E-state index < -0.39 is 0 Å². The highest BCUT2D eigenvalue weighted by Gasteiger charge is 2.25. The van der Waals surface area contributed by atoms with E-state index in [1.54, 1.807) is 6.07 Å². The van der Waals surface area contributed by atoms with Gasteiger partial charge in [0, 0.05) is 6.04 Å². The predicted molar refractivity (Wildman–Crippen MR) is 62.9 cm³/mol. The normalized spacial score (nSPS) is 17.8. The molecule has 2 rings (SSSR count). The van der Waals surface area contributed by atoms with E-state index in [0.717, 1.165) is 18.4 Å². The minimum absolute atomic E-state index is 0. The van der Waals surface area contributed by atoms with Crippen LogP contribution in [0.4, 0.5) is 4.39 Å². The number of benzene rings is 1. The van der Waals surface area contributed by atoms with Gasteiger partial charge in [0.1, 0.15) is 5.82 Å². The number of nitrogens with two attached hydrogens (primary N) is 1. The lowest BCUT2D eigenvalue weighted by molar-refractivity contribution is 0.264. The van der Waals surface area contributed by atoms with Gasteiger partial charge in [-0.25, -0.2) is 4.39 Å². The lowest BCUT2D eigenvalue weighted by Gasteiger charge is -2.31. The van der Waals surface area contributed by atoms with E-state index in [1.807, 2.05) is 6.07 Å². The van der Waals surface area contributed by atoms with Crippen molar-refractivity contribution in [2.24, 2.45) is 11.7 Å². The Hall–Kier alpha value is -0.310. The van der Waals surface area contributed by atoms with Crippen molar-refractivity contribution in [2.45, 2.75) is 25.3 Å². The SMILES string of the molecule is Cl.N[C@@H](c1ccc(Cl)c(F)c1)C1CCC1. The summed E-state index contributed by atoms with van der Waals surface area (Å²) in [6, 6.07) is 4.81. The topological polar surface area (TPSA) is 26.0 Å². The van der Waals surface area contributed by atoms with Gasteiger partial charge >= 0.3 is 0 Å². The van der Waals surface area contributed by atoms with E-state index in [4.69, 9.17) is 17.3 Å². The summed E-state index contributed by atoms with van der Waals surface area (Å²) < 4.78 is 13.1. The molecule has 0 spiro atoms. The Balaban J connectivity index is 0.00000112. The molecule has 1 fully saturated rings. The Bertz CT molecular complexity index is 339. The molecule has 2 N–H and O–H groups in total. The molecule has 84 valence electrons. The molecule has 0 amide bonds. The van der Waals surface area contributed by atoms with Crippen LogP contribution in [0.2, 0.25) is 5.02 Å². The summed E-state index contributed by atoms with van der Waals surface area (Å²) >= 11 is 5.60. The van der Waals surface area contributed by atoms with E-state index in [1.165, 1.54) is 12.5 Å². The van der Waals surface area contributed by atoms with Crippen molar-refractivity contribution in [3.05, 3.63) is 34.6 Å². The number of halogens is 3. The van der Waals surface area contributed by atoms with Gasteiger partial charge in [-0.1, -0.05) is 24.1 Å². The summed E-state index contributed by atoms with van der Waals surface area (Å²) in [4.78, 5) is 0. The Kier molecular flexibility index (Phi) is 4.38. The third-order valence-corrected chi connectivity index (χ3v) is 3.29. The van der Waals surface area contributed by atoms with Gasteiger partial charge in [-0.05, 0) is 36.5 Å². The number of hydrogen-bond donors (Lipinski definition) is 1. The molecule has 0 radical (unpaired) electrons. The molecule has 0 bridgehead atoms. The Morgan fingerprint density at radius 2 is 2.07 bits per heavy atom. The van der Waals surface area contributed by atoms with E-state index in [0.29, 0.717) is 5.92 Å². The molecule has 1 aliphatic carbocycles. The van der Waals surface area contributed by atoms with Crippen LogP contribution in [0, 0.1) is 11.7 Å². The summed E-state index contributed by atoms with van der Waals surface area (Å²) in [5, 5.41) is 0.162. The quantitative estimate of drug-likeness (QED) is 0.850. The van der Waals surface area contributed by atoms with Crippen molar-refractivity contribution in [3.63, 3.8) is 0 Å². The van der Waals surface area contributed by atoms with Gasteiger partial charge < -0.3 is 5.73 Å². The number of hydrogen-bond acceptors (Lipinski definition) is 1. The average Bonchev–Trinajstić information content (AvgIpc) is 2.06. The van der Waals surface area contributed by atoms with Crippen molar-refractivity contribution in [3.8, 4) is 0 Å². The van der Waals surface area contributed by atoms with Crippen molar-refractivity contribution in [1.29, 1.82) is 0 Å². The minimum atomic E-state index is -0.376. The van der Waals surface area contributed by atoms with E-state index >= 15 is 0 Å². The van der Waals surface area contributed by atoms with Gasteiger partial charge in [0.2, 0.25) is 0 Å². The molecule has 1 atom stereocenters. The zero-order valence-electron chi connectivity index (χ0n) is 8.25. The predicted octanol–water partition coefficient (Wildman–Crippen LogP) is 3.70. The fraction of sp³-hybridized carbons (Fsp3) is 0.455. The first-order valence-corrected chi connectivity index (χ1v) is 5.27. The zero-order valence-corrected chi connectivity index (χ0v) is 9.82. The highest BCUT2D eigenvalue weighted by atomic mass is 35.5. The molecular weight excluding hydrogens is 236 g/mol. The molecular formula is C11H14Cl2FN. The second-order valence-electron chi connectivity index (χ2n) is 3.89. The summed E-state index contributed by atoms with van der Waals surface area (Å²) in [7, 11) is 0. The first-order chi connectivity index (χ1) is 6.68. The van der Waals surface area contributed by atoms with Crippen LogP contribution in [0.1, 0.15) is 30.9 Å². The van der Waals surface area contributed by atoms with Crippen molar-refractivity contribution < 1.29 is 4.39 Å². The van der Waals surface area contributed by atoms with Gasteiger partial charge in [-0.3, -0.25) is 0 Å². The van der Waals surface area contributed by atoms with Crippen LogP contribution in [0.3, 0.4) is 0 Å². The monoisotopic (exact) mass is 249 g/mol. The maximum atomic E-state index is 13.1. The summed E-state index contributed by atoms with van der Waals surface area (Å²) in [6.07, 6.45) is 3.56. The van der Waals surface area contributed by atoms with Crippen LogP contribution >= 0.6 is 24.0 Å². The smallest absolute Gasteiger partial charge is 0.142 e. The van der Waals surface area contributed by atoms with Crippen LogP contribution in [-0.2, 0) is 0 Å². The number of rotatable bonds is 2. The highest BCUT2D eigenvalue weighted by Crippen LogP contribution is 2.36. The maximum absolute atomic E-state index is 13.1. The minimum Gasteiger partial charge on any atom is -0.324 e. The summed E-state index contributed by atoms with van der Waals surface area (Å²) in [5.74, 6) is 0.148. The zero-order chi connectivity index (χ0) is 10.1. The van der Waals surface area contributed by atoms with Gasteiger partial charge in [-0.15, -0.1) is 12.4 Å². The molecule has 0 unspecified atom stereocenters. The molecule has 1 saturated carbocycles. The molecule has 15 heavy (non-hydrogen) atoms. The average molecular weight is 250 g/mol. The molecule has 0 heterocycles. The van der Waals surface area contributed by atoms with Crippen LogP contribution in [-0.4, -0.2) is 0 Å². The van der Waals surface area contributed by atoms with Gasteiger partial charge in [0.05, 0.1) is 5.02 Å². The van der Waals surface area contributed by atoms with Gasteiger partial charge in [-0.2, -0.15) is 0 Å². The fourth-order valence-electron chi connectivity index (χ4n) is 1.79. The maximum Gasteiger partial charge on any atom is 0.142 e. The van der Waals surface area contributed by atoms with Crippen LogP contribution < -0.4 is 5.73 Å². The Morgan fingerprint density at radius 3 is 2.53 bits per heavy atom. The molecule has 0 aromatic heterocycles. The summed E-state index contributed by atoms with van der Waals surface area (Å²) in [5.41, 5.74) is 6.87. The van der Waals surface area contributed by atoms with Crippen LogP contribution in [0.15, 0.2) is 18.2 Å². The van der Waals surface area contributed by atoms with Crippen molar-refractivity contribution in [2.75, 3.05) is 0 Å². The van der Waals surface area contributed by atoms with Gasteiger partial charge in [0.15, 0.2) is 0 Å². The van der Waals surface area contributed by atoms with Crippen LogP contribution in [0.5, 0.6) is 0 Å². The van der Waals surface area contributed by atoms with Crippen molar-refractivity contribution >= 4 is 24.0 Å². The second-order valence-corrected chi connectivity index (χ2v) is 4.30. The largest absolute Gasteiger partial charge is 0.324 e. The fourth-order valence-corrected chi connectivity index (χ4v) is 1.91. The highest BCUT2D eigenvalue weighted by molar-refractivity contribution is 6.30. The van der Waals surface area contributed by atoms with E-state index in [-0.39, 0.29) is 29.3 Å².